The maximum absolute atomic E-state index is 3.52. The van der Waals surface area contributed by atoms with Crippen LogP contribution in [-0.2, 0) is 0 Å². The van der Waals surface area contributed by atoms with Gasteiger partial charge in [-0.25, -0.2) is 0 Å². The molecular formula is C41H54N2. The van der Waals surface area contributed by atoms with Gasteiger partial charge in [0.1, 0.15) is 0 Å². The van der Waals surface area contributed by atoms with E-state index in [2.05, 4.69) is 174 Å². The molecule has 1 aliphatic carbocycles. The molecule has 3 unspecified atom stereocenters. The van der Waals surface area contributed by atoms with Crippen LogP contribution in [0.15, 0.2) is 132 Å². The zero-order chi connectivity index (χ0) is 31.4. The lowest BCUT2D eigenvalue weighted by atomic mass is 9.63. The van der Waals surface area contributed by atoms with Gasteiger partial charge in [-0.05, 0) is 78.4 Å². The van der Waals surface area contributed by atoms with Crippen molar-refractivity contribution in [2.75, 3.05) is 13.6 Å². The second kappa shape index (κ2) is 16.2. The minimum Gasteiger partial charge on any atom is -0.381 e. The van der Waals surface area contributed by atoms with Crippen molar-refractivity contribution in [3.63, 3.8) is 0 Å². The number of nitrogens with zero attached hydrogens (tertiary/aromatic N) is 1. The summed E-state index contributed by atoms with van der Waals surface area (Å²) in [6.07, 6.45) is 23.7. The van der Waals surface area contributed by atoms with Crippen molar-refractivity contribution in [1.82, 2.24) is 10.2 Å². The zero-order valence-electron chi connectivity index (χ0n) is 28.1. The van der Waals surface area contributed by atoms with Gasteiger partial charge in [0.2, 0.25) is 0 Å². The van der Waals surface area contributed by atoms with Crippen LogP contribution in [0, 0.1) is 24.2 Å². The summed E-state index contributed by atoms with van der Waals surface area (Å²) in [5.74, 6) is 1.15. The first-order chi connectivity index (χ1) is 20.8. The van der Waals surface area contributed by atoms with Crippen molar-refractivity contribution in [3.05, 3.63) is 149 Å². The summed E-state index contributed by atoms with van der Waals surface area (Å²) < 4.78 is 0. The van der Waals surface area contributed by atoms with E-state index in [-0.39, 0.29) is 5.41 Å². The van der Waals surface area contributed by atoms with Crippen LogP contribution in [0.4, 0.5) is 0 Å². The summed E-state index contributed by atoms with van der Waals surface area (Å²) in [4.78, 5) is 2.30. The van der Waals surface area contributed by atoms with Gasteiger partial charge in [0.15, 0.2) is 0 Å². The summed E-state index contributed by atoms with van der Waals surface area (Å²) in [6, 6.07) is 19.5. The zero-order valence-corrected chi connectivity index (χ0v) is 28.1. The molecule has 0 spiro atoms. The van der Waals surface area contributed by atoms with Crippen LogP contribution in [0.5, 0.6) is 0 Å². The van der Waals surface area contributed by atoms with Crippen molar-refractivity contribution >= 4 is 5.57 Å². The quantitative estimate of drug-likeness (QED) is 0.345. The maximum Gasteiger partial charge on any atom is 0.0726 e. The van der Waals surface area contributed by atoms with Crippen LogP contribution in [0.25, 0.3) is 5.57 Å². The molecule has 3 atom stereocenters. The number of hydrogen-bond acceptors (Lipinski definition) is 2. The van der Waals surface area contributed by atoms with Gasteiger partial charge in [0.25, 0.3) is 0 Å². The van der Waals surface area contributed by atoms with Gasteiger partial charge in [-0.3, -0.25) is 0 Å². The van der Waals surface area contributed by atoms with Crippen LogP contribution in [0.3, 0.4) is 0 Å². The molecule has 0 fully saturated rings. The van der Waals surface area contributed by atoms with E-state index in [1.54, 1.807) is 0 Å². The van der Waals surface area contributed by atoms with Gasteiger partial charge < -0.3 is 10.2 Å². The predicted octanol–water partition coefficient (Wildman–Crippen LogP) is 10.8. The second-order valence-corrected chi connectivity index (χ2v) is 12.0. The number of nitrogens with one attached hydrogen (secondary N) is 1. The van der Waals surface area contributed by atoms with E-state index in [9.17, 15) is 0 Å². The van der Waals surface area contributed by atoms with E-state index in [1.165, 1.54) is 39.1 Å². The van der Waals surface area contributed by atoms with E-state index >= 15 is 0 Å². The first-order valence-electron chi connectivity index (χ1n) is 16.1. The Labute approximate surface area is 263 Å². The average molecular weight is 575 g/mol. The third-order valence-electron chi connectivity index (χ3n) is 9.00. The minimum atomic E-state index is 0.190. The molecule has 0 saturated heterocycles. The Bertz CT molecular complexity index is 1400. The lowest BCUT2D eigenvalue weighted by Gasteiger charge is -2.42. The van der Waals surface area contributed by atoms with E-state index in [0.717, 1.165) is 13.0 Å². The van der Waals surface area contributed by atoms with Crippen LogP contribution < -0.4 is 5.32 Å². The van der Waals surface area contributed by atoms with E-state index in [1.807, 2.05) is 13.8 Å². The number of benzene rings is 2. The Morgan fingerprint density at radius 2 is 1.60 bits per heavy atom. The summed E-state index contributed by atoms with van der Waals surface area (Å²) in [5.41, 5.74) is 9.58. The highest BCUT2D eigenvalue weighted by Gasteiger charge is 2.37. The topological polar surface area (TPSA) is 15.3 Å². The number of rotatable bonds is 6. The summed E-state index contributed by atoms with van der Waals surface area (Å²) in [6.45, 7) is 18.5. The fraction of sp³-hybridized carbons (Fsp3) is 0.366. The number of dihydropyridines is 1. The minimum absolute atomic E-state index is 0.190. The third kappa shape index (κ3) is 8.20. The summed E-state index contributed by atoms with van der Waals surface area (Å²) in [7, 11) is 2.16. The highest BCUT2D eigenvalue weighted by atomic mass is 15.1. The molecule has 0 aromatic heterocycles. The van der Waals surface area contributed by atoms with E-state index in [4.69, 9.17) is 0 Å². The molecule has 0 bridgehead atoms. The highest BCUT2D eigenvalue weighted by molar-refractivity contribution is 5.79. The molecule has 2 nitrogen and oxygen atoms in total. The van der Waals surface area contributed by atoms with Gasteiger partial charge >= 0.3 is 0 Å². The fourth-order valence-electron chi connectivity index (χ4n) is 6.20. The lowest BCUT2D eigenvalue weighted by molar-refractivity contribution is 0.205. The molecule has 0 saturated carbocycles. The molecule has 2 aromatic rings. The average Bonchev–Trinajstić information content (AvgIpc) is 3.04. The smallest absolute Gasteiger partial charge is 0.0726 e. The molecule has 2 aliphatic heterocycles. The van der Waals surface area contributed by atoms with Crippen LogP contribution in [0.2, 0.25) is 0 Å². The molecule has 2 aromatic carbocycles. The highest BCUT2D eigenvalue weighted by Crippen LogP contribution is 2.46. The van der Waals surface area contributed by atoms with Crippen molar-refractivity contribution in [3.8, 4) is 0 Å². The summed E-state index contributed by atoms with van der Waals surface area (Å²) in [5, 5.41) is 3.52. The molecule has 43 heavy (non-hydrogen) atoms. The molecule has 3 aliphatic rings. The Morgan fingerprint density at radius 3 is 2.23 bits per heavy atom. The van der Waals surface area contributed by atoms with E-state index in [0.29, 0.717) is 17.9 Å². The van der Waals surface area contributed by atoms with Crippen LogP contribution in [-0.4, -0.2) is 18.5 Å². The largest absolute Gasteiger partial charge is 0.381 e. The van der Waals surface area contributed by atoms with Crippen molar-refractivity contribution in [1.29, 1.82) is 0 Å². The molecular weight excluding hydrogens is 520 g/mol. The summed E-state index contributed by atoms with van der Waals surface area (Å²) >= 11 is 0. The molecule has 2 heteroatoms. The lowest BCUT2D eigenvalue weighted by Crippen LogP contribution is -2.35. The Hall–Kier alpha value is -3.78. The third-order valence-corrected chi connectivity index (χ3v) is 9.00. The standard InChI is InChI=1S/C20H21N.C19H27N.C2H6/c1-15-9-7-8-12-18(15)20-13-16(2)19(14-21(20)3)17-10-5-4-6-11-17;1-5-13-19(4,15(2)3)17-11-7-6-10-16(17)18-12-8-9-14-20-18;1-2/h4-14,20H,1-3H3;5-10,12-13,15,17,20H,11,14H2,1-4H3;1-2H3. The van der Waals surface area contributed by atoms with Crippen molar-refractivity contribution < 1.29 is 0 Å². The molecule has 1 N–H and O–H groups in total. The van der Waals surface area contributed by atoms with Gasteiger partial charge in [-0.2, -0.15) is 0 Å². The molecule has 0 radical (unpaired) electrons. The Kier molecular flexibility index (Phi) is 12.7. The van der Waals surface area contributed by atoms with Crippen LogP contribution in [0.1, 0.15) is 77.6 Å². The first-order valence-corrected chi connectivity index (χ1v) is 16.1. The number of allylic oxidation sites excluding steroid dienone is 10. The molecule has 5 rings (SSSR count). The van der Waals surface area contributed by atoms with Gasteiger partial charge in [-0.1, -0.05) is 138 Å². The van der Waals surface area contributed by atoms with E-state index < -0.39 is 0 Å². The SMILES string of the molecule is CC.CC1=CC(c2ccccc2C)N(C)C=C1c1ccccc1.CC=CC(C)(C(C)C)C1CC=CC=C1C1=CC=CCN1. The van der Waals surface area contributed by atoms with Crippen molar-refractivity contribution in [2.24, 2.45) is 17.3 Å². The number of aryl methyl sites for hydroxylation is 1. The molecule has 0 amide bonds. The Morgan fingerprint density at radius 1 is 0.930 bits per heavy atom. The molecule has 2 heterocycles. The maximum atomic E-state index is 3.52. The van der Waals surface area contributed by atoms with Gasteiger partial charge in [-0.15, -0.1) is 0 Å². The predicted molar refractivity (Wildman–Crippen MR) is 190 cm³/mol. The Balaban J connectivity index is 0.000000223. The normalized spacial score (nSPS) is 20.8. The number of likely N-dealkylation sites (N-methyl/N-ethyl adjacent to an activating group) is 1. The van der Waals surface area contributed by atoms with Crippen LogP contribution >= 0.6 is 0 Å². The fourth-order valence-corrected chi connectivity index (χ4v) is 6.20. The van der Waals surface area contributed by atoms with Crippen molar-refractivity contribution in [2.45, 2.75) is 67.9 Å². The van der Waals surface area contributed by atoms with Gasteiger partial charge in [0.05, 0.1) is 6.04 Å². The van der Waals surface area contributed by atoms with Gasteiger partial charge in [0, 0.05) is 31.1 Å². The first kappa shape index (κ1) is 33.7. The monoisotopic (exact) mass is 574 g/mol. The molecule has 228 valence electrons. The number of hydrogen-bond donors (Lipinski definition) is 1. The second-order valence-electron chi connectivity index (χ2n) is 12.0.